The lowest BCUT2D eigenvalue weighted by atomic mass is 9.90. The van der Waals surface area contributed by atoms with Gasteiger partial charge in [0.2, 0.25) is 0 Å². The van der Waals surface area contributed by atoms with Crippen molar-refractivity contribution in [3.05, 3.63) is 24.0 Å². The molecule has 0 radical (unpaired) electrons. The van der Waals surface area contributed by atoms with E-state index in [1.807, 2.05) is 0 Å². The maximum absolute atomic E-state index is 13.0. The van der Waals surface area contributed by atoms with Crippen LogP contribution in [0.3, 0.4) is 0 Å². The molecule has 0 amide bonds. The first-order valence-corrected chi connectivity index (χ1v) is 6.15. The Morgan fingerprint density at radius 2 is 2.18 bits per heavy atom. The fourth-order valence-corrected chi connectivity index (χ4v) is 2.23. The van der Waals surface area contributed by atoms with Gasteiger partial charge in [-0.3, -0.25) is 0 Å². The lowest BCUT2D eigenvalue weighted by Gasteiger charge is -2.39. The SMILES string of the molecule is Nc1cc(F)ccc1N(CCCO)C1CCC1. The average molecular weight is 238 g/mol. The monoisotopic (exact) mass is 238 g/mol. The minimum atomic E-state index is -0.304. The van der Waals surface area contributed by atoms with Crippen molar-refractivity contribution >= 4 is 11.4 Å². The van der Waals surface area contributed by atoms with Crippen molar-refractivity contribution in [3.8, 4) is 0 Å². The Bertz CT molecular complexity index is 380. The van der Waals surface area contributed by atoms with E-state index in [0.717, 1.165) is 25.1 Å². The number of nitrogens with two attached hydrogens (primary N) is 1. The van der Waals surface area contributed by atoms with Crippen LogP contribution < -0.4 is 10.6 Å². The minimum Gasteiger partial charge on any atom is -0.397 e. The van der Waals surface area contributed by atoms with E-state index in [4.69, 9.17) is 10.8 Å². The first-order chi connectivity index (χ1) is 8.22. The largest absolute Gasteiger partial charge is 0.397 e. The number of benzene rings is 1. The molecule has 1 fully saturated rings. The van der Waals surface area contributed by atoms with Crippen molar-refractivity contribution < 1.29 is 9.50 Å². The van der Waals surface area contributed by atoms with E-state index in [1.54, 1.807) is 6.07 Å². The third kappa shape index (κ3) is 2.69. The molecule has 0 atom stereocenters. The Hall–Kier alpha value is -1.29. The second kappa shape index (κ2) is 5.36. The number of nitrogen functional groups attached to an aromatic ring is 1. The number of nitrogens with zero attached hydrogens (tertiary/aromatic N) is 1. The Morgan fingerprint density at radius 1 is 1.41 bits per heavy atom. The highest BCUT2D eigenvalue weighted by Crippen LogP contribution is 2.33. The molecule has 0 bridgehead atoms. The number of rotatable bonds is 5. The van der Waals surface area contributed by atoms with Crippen LogP contribution in [0.2, 0.25) is 0 Å². The average Bonchev–Trinajstić information content (AvgIpc) is 2.22. The molecule has 2 rings (SSSR count). The summed E-state index contributed by atoms with van der Waals surface area (Å²) in [6.45, 7) is 0.946. The highest BCUT2D eigenvalue weighted by Gasteiger charge is 2.25. The lowest BCUT2D eigenvalue weighted by Crippen LogP contribution is -2.41. The van der Waals surface area contributed by atoms with Gasteiger partial charge in [-0.15, -0.1) is 0 Å². The zero-order valence-corrected chi connectivity index (χ0v) is 9.90. The molecule has 17 heavy (non-hydrogen) atoms. The van der Waals surface area contributed by atoms with Crippen LogP contribution in [-0.2, 0) is 0 Å². The van der Waals surface area contributed by atoms with Crippen LogP contribution in [0.5, 0.6) is 0 Å². The van der Waals surface area contributed by atoms with Crippen LogP contribution in [0.25, 0.3) is 0 Å². The van der Waals surface area contributed by atoms with Gasteiger partial charge in [-0.25, -0.2) is 4.39 Å². The number of halogens is 1. The van der Waals surface area contributed by atoms with Crippen molar-refractivity contribution in [1.29, 1.82) is 0 Å². The molecule has 0 spiro atoms. The van der Waals surface area contributed by atoms with E-state index in [-0.39, 0.29) is 12.4 Å². The van der Waals surface area contributed by atoms with Crippen LogP contribution >= 0.6 is 0 Å². The molecule has 4 heteroatoms. The summed E-state index contributed by atoms with van der Waals surface area (Å²) in [5.74, 6) is -0.304. The van der Waals surface area contributed by atoms with Gasteiger partial charge in [0.15, 0.2) is 0 Å². The zero-order valence-electron chi connectivity index (χ0n) is 9.90. The number of aliphatic hydroxyl groups excluding tert-OH is 1. The van der Waals surface area contributed by atoms with Gasteiger partial charge in [0.05, 0.1) is 11.4 Å². The Kier molecular flexibility index (Phi) is 3.84. The minimum absolute atomic E-state index is 0.171. The summed E-state index contributed by atoms with van der Waals surface area (Å²) in [5.41, 5.74) is 7.24. The third-order valence-electron chi connectivity index (χ3n) is 3.37. The summed E-state index contributed by atoms with van der Waals surface area (Å²) in [7, 11) is 0. The lowest BCUT2D eigenvalue weighted by molar-refractivity contribution is 0.283. The maximum Gasteiger partial charge on any atom is 0.125 e. The van der Waals surface area contributed by atoms with Crippen molar-refractivity contribution in [1.82, 2.24) is 0 Å². The van der Waals surface area contributed by atoms with Crippen molar-refractivity contribution in [3.63, 3.8) is 0 Å². The highest BCUT2D eigenvalue weighted by molar-refractivity contribution is 5.68. The van der Waals surface area contributed by atoms with E-state index in [9.17, 15) is 4.39 Å². The number of hydrogen-bond donors (Lipinski definition) is 2. The molecular formula is C13H19FN2O. The number of anilines is 2. The standard InChI is InChI=1S/C13H19FN2O/c14-10-5-6-13(12(15)9-10)16(7-2-8-17)11-3-1-4-11/h5-6,9,11,17H,1-4,7-8,15H2. The third-order valence-corrected chi connectivity index (χ3v) is 3.37. The van der Waals surface area contributed by atoms with Crippen LogP contribution in [0.15, 0.2) is 18.2 Å². The molecular weight excluding hydrogens is 219 g/mol. The highest BCUT2D eigenvalue weighted by atomic mass is 19.1. The molecule has 3 N–H and O–H groups in total. The van der Waals surface area contributed by atoms with Gasteiger partial charge in [-0.05, 0) is 43.9 Å². The summed E-state index contributed by atoms with van der Waals surface area (Å²) >= 11 is 0. The first kappa shape index (κ1) is 12.2. The molecule has 1 saturated carbocycles. The molecule has 94 valence electrons. The van der Waals surface area contributed by atoms with Crippen LogP contribution in [0.4, 0.5) is 15.8 Å². The topological polar surface area (TPSA) is 49.5 Å². The van der Waals surface area contributed by atoms with Gasteiger partial charge in [0.25, 0.3) is 0 Å². The Labute approximate surface area is 101 Å². The predicted octanol–water partition coefficient (Wildman–Crippen LogP) is 2.15. The van der Waals surface area contributed by atoms with Crippen LogP contribution in [0, 0.1) is 5.82 Å². The summed E-state index contributed by atoms with van der Waals surface area (Å²) in [5, 5.41) is 8.93. The molecule has 1 aromatic carbocycles. The van der Waals surface area contributed by atoms with Gasteiger partial charge >= 0.3 is 0 Å². The summed E-state index contributed by atoms with van der Waals surface area (Å²) in [6, 6.07) is 5.03. The van der Waals surface area contributed by atoms with Gasteiger partial charge in [0.1, 0.15) is 5.82 Å². The normalized spacial score (nSPS) is 15.6. The first-order valence-electron chi connectivity index (χ1n) is 6.15. The van der Waals surface area contributed by atoms with Gasteiger partial charge in [-0.1, -0.05) is 0 Å². The molecule has 1 aliphatic carbocycles. The molecule has 3 nitrogen and oxygen atoms in total. The van der Waals surface area contributed by atoms with Crippen molar-refractivity contribution in [2.75, 3.05) is 23.8 Å². The van der Waals surface area contributed by atoms with Crippen molar-refractivity contribution in [2.45, 2.75) is 31.7 Å². The molecule has 0 saturated heterocycles. The second-order valence-corrected chi connectivity index (χ2v) is 4.56. The van der Waals surface area contributed by atoms with Crippen LogP contribution in [0.1, 0.15) is 25.7 Å². The predicted molar refractivity (Wildman–Crippen MR) is 67.5 cm³/mol. The quantitative estimate of drug-likeness (QED) is 0.773. The van der Waals surface area contributed by atoms with E-state index in [1.165, 1.54) is 18.6 Å². The van der Waals surface area contributed by atoms with Gasteiger partial charge in [-0.2, -0.15) is 0 Å². The second-order valence-electron chi connectivity index (χ2n) is 4.56. The molecule has 1 aliphatic rings. The van der Waals surface area contributed by atoms with E-state index < -0.39 is 0 Å². The number of aliphatic hydroxyl groups is 1. The van der Waals surface area contributed by atoms with E-state index >= 15 is 0 Å². The molecule has 1 aromatic rings. The summed E-state index contributed by atoms with van der Waals surface area (Å²) in [4.78, 5) is 2.20. The number of hydrogen-bond acceptors (Lipinski definition) is 3. The summed E-state index contributed by atoms with van der Waals surface area (Å²) < 4.78 is 13.0. The fraction of sp³-hybridized carbons (Fsp3) is 0.538. The van der Waals surface area contributed by atoms with E-state index in [2.05, 4.69) is 4.90 Å². The Balaban J connectivity index is 2.17. The molecule has 0 aliphatic heterocycles. The van der Waals surface area contributed by atoms with E-state index in [0.29, 0.717) is 18.2 Å². The van der Waals surface area contributed by atoms with Crippen LogP contribution in [-0.4, -0.2) is 24.3 Å². The Morgan fingerprint density at radius 3 is 2.71 bits per heavy atom. The smallest absolute Gasteiger partial charge is 0.125 e. The summed E-state index contributed by atoms with van der Waals surface area (Å²) in [6.07, 6.45) is 4.26. The van der Waals surface area contributed by atoms with Gasteiger partial charge < -0.3 is 15.7 Å². The molecule has 0 aromatic heterocycles. The molecule has 0 heterocycles. The van der Waals surface area contributed by atoms with Crippen molar-refractivity contribution in [2.24, 2.45) is 0 Å². The van der Waals surface area contributed by atoms with Gasteiger partial charge in [0, 0.05) is 19.2 Å². The zero-order chi connectivity index (χ0) is 12.3. The maximum atomic E-state index is 13.0. The molecule has 0 unspecified atom stereocenters. The fourth-order valence-electron chi connectivity index (χ4n) is 2.23.